The van der Waals surface area contributed by atoms with Gasteiger partial charge >= 0.3 is 6.09 Å². The van der Waals surface area contributed by atoms with E-state index in [1.54, 1.807) is 19.0 Å². The molecule has 1 saturated heterocycles. The molecule has 0 spiro atoms. The van der Waals surface area contributed by atoms with E-state index in [1.165, 1.54) is 0 Å². The zero-order chi connectivity index (χ0) is 18.6. The van der Waals surface area contributed by atoms with Crippen LogP contribution in [0.2, 0.25) is 0 Å². The van der Waals surface area contributed by atoms with Crippen LogP contribution in [-0.2, 0) is 9.53 Å². The van der Waals surface area contributed by atoms with E-state index in [1.807, 2.05) is 25.7 Å². The molecule has 0 aromatic heterocycles. The van der Waals surface area contributed by atoms with Crippen LogP contribution in [0.4, 0.5) is 4.79 Å². The number of carbonyl (C=O) groups excluding carboxylic acids is 2. The van der Waals surface area contributed by atoms with Crippen LogP contribution in [0, 0.1) is 5.92 Å². The van der Waals surface area contributed by atoms with Gasteiger partial charge in [-0.15, -0.1) is 0 Å². The molecule has 25 heavy (non-hydrogen) atoms. The second kappa shape index (κ2) is 8.39. The Bertz CT molecular complexity index is 473. The Balaban J connectivity index is 2.02. The van der Waals surface area contributed by atoms with Gasteiger partial charge in [0.2, 0.25) is 5.91 Å². The summed E-state index contributed by atoms with van der Waals surface area (Å²) in [4.78, 5) is 28.1. The fourth-order valence-corrected chi connectivity index (χ4v) is 4.03. The lowest BCUT2D eigenvalue weighted by atomic mass is 9.87. The second-order valence-electron chi connectivity index (χ2n) is 8.61. The number of amides is 2. The van der Waals surface area contributed by atoms with Crippen molar-refractivity contribution in [2.24, 2.45) is 5.92 Å². The summed E-state index contributed by atoms with van der Waals surface area (Å²) in [5.74, 6) is 0.501. The number of piperidine rings is 1. The topological polar surface area (TPSA) is 61.9 Å². The maximum absolute atomic E-state index is 12.7. The van der Waals surface area contributed by atoms with Crippen molar-refractivity contribution < 1.29 is 14.3 Å². The largest absolute Gasteiger partial charge is 0.444 e. The van der Waals surface area contributed by atoms with E-state index in [-0.39, 0.29) is 18.0 Å². The molecule has 0 aromatic carbocycles. The lowest BCUT2D eigenvalue weighted by Gasteiger charge is -2.41. The molecule has 1 aliphatic carbocycles. The average Bonchev–Trinajstić information content (AvgIpc) is 2.99. The Morgan fingerprint density at radius 3 is 2.48 bits per heavy atom. The molecule has 2 rings (SSSR count). The third-order valence-corrected chi connectivity index (χ3v) is 5.26. The molecule has 0 radical (unpaired) electrons. The molecule has 1 aliphatic heterocycles. The molecule has 144 valence electrons. The first kappa shape index (κ1) is 20.0. The summed E-state index contributed by atoms with van der Waals surface area (Å²) in [5, 5.41) is 3.45. The highest BCUT2D eigenvalue weighted by Gasteiger charge is 2.40. The fourth-order valence-electron chi connectivity index (χ4n) is 4.03. The maximum atomic E-state index is 12.7. The van der Waals surface area contributed by atoms with Crippen molar-refractivity contribution >= 4 is 12.0 Å². The molecular formula is C19H35N3O3. The third-order valence-electron chi connectivity index (χ3n) is 5.26. The van der Waals surface area contributed by atoms with Crippen LogP contribution in [0.3, 0.4) is 0 Å². The number of likely N-dealkylation sites (N-methyl/N-ethyl adjacent to an activating group) is 1. The van der Waals surface area contributed by atoms with Gasteiger partial charge in [-0.1, -0.05) is 6.42 Å². The van der Waals surface area contributed by atoms with Crippen LogP contribution >= 0.6 is 0 Å². The molecule has 6 heteroatoms. The van der Waals surface area contributed by atoms with E-state index >= 15 is 0 Å². The van der Waals surface area contributed by atoms with E-state index in [4.69, 9.17) is 4.74 Å². The Hall–Kier alpha value is -1.30. The van der Waals surface area contributed by atoms with Gasteiger partial charge in [0.25, 0.3) is 0 Å². The van der Waals surface area contributed by atoms with Gasteiger partial charge in [0.15, 0.2) is 0 Å². The standard InChI is InChI=1S/C19H35N3O3/c1-19(2,3)25-18(24)22-12-7-6-11-16(22)14-9-8-10-15(14)20-13-17(23)21(4)5/h14-16,20H,6-13H2,1-5H3. The predicted octanol–water partition coefficient (Wildman–Crippen LogP) is 2.62. The van der Waals surface area contributed by atoms with Gasteiger partial charge in [-0.3, -0.25) is 4.79 Å². The number of nitrogens with zero attached hydrogens (tertiary/aromatic N) is 2. The lowest BCUT2D eigenvalue weighted by molar-refractivity contribution is -0.128. The highest BCUT2D eigenvalue weighted by molar-refractivity contribution is 5.77. The van der Waals surface area contributed by atoms with Gasteiger partial charge in [-0.2, -0.15) is 0 Å². The third kappa shape index (κ3) is 5.59. The van der Waals surface area contributed by atoms with Gasteiger partial charge in [-0.05, 0) is 58.8 Å². The summed E-state index contributed by atoms with van der Waals surface area (Å²) >= 11 is 0. The molecule has 2 aliphatic rings. The first-order chi connectivity index (χ1) is 11.7. The molecule has 1 heterocycles. The number of likely N-dealkylation sites (tertiary alicyclic amines) is 1. The Morgan fingerprint density at radius 2 is 1.84 bits per heavy atom. The van der Waals surface area contributed by atoms with Crippen molar-refractivity contribution in [1.29, 1.82) is 0 Å². The van der Waals surface area contributed by atoms with Crippen LogP contribution in [0.5, 0.6) is 0 Å². The van der Waals surface area contributed by atoms with E-state index in [9.17, 15) is 9.59 Å². The van der Waals surface area contributed by atoms with E-state index in [2.05, 4.69) is 5.32 Å². The molecule has 0 bridgehead atoms. The monoisotopic (exact) mass is 353 g/mol. The number of carbonyl (C=O) groups is 2. The quantitative estimate of drug-likeness (QED) is 0.844. The summed E-state index contributed by atoms with van der Waals surface area (Å²) in [7, 11) is 3.56. The molecule has 1 N–H and O–H groups in total. The molecule has 2 amide bonds. The molecule has 3 unspecified atom stereocenters. The number of hydrogen-bond acceptors (Lipinski definition) is 4. The number of hydrogen-bond donors (Lipinski definition) is 1. The summed E-state index contributed by atoms with van der Waals surface area (Å²) in [6, 6.07) is 0.523. The van der Waals surface area contributed by atoms with Crippen molar-refractivity contribution in [3.8, 4) is 0 Å². The maximum Gasteiger partial charge on any atom is 0.410 e. The minimum atomic E-state index is -0.468. The molecule has 6 nitrogen and oxygen atoms in total. The Kier molecular flexibility index (Phi) is 6.72. The van der Waals surface area contributed by atoms with E-state index in [0.29, 0.717) is 18.5 Å². The molecular weight excluding hydrogens is 318 g/mol. The summed E-state index contributed by atoms with van der Waals surface area (Å²) in [6.07, 6.45) is 6.37. The molecule has 2 fully saturated rings. The van der Waals surface area contributed by atoms with Gasteiger partial charge in [0.05, 0.1) is 6.54 Å². The summed E-state index contributed by atoms with van der Waals surface area (Å²) in [6.45, 7) is 6.89. The molecule has 3 atom stereocenters. The SMILES string of the molecule is CN(C)C(=O)CNC1CCCC1C1CCCCN1C(=O)OC(C)(C)C. The average molecular weight is 354 g/mol. The van der Waals surface area contributed by atoms with E-state index < -0.39 is 5.60 Å². The zero-order valence-electron chi connectivity index (χ0n) is 16.5. The van der Waals surface area contributed by atoms with Crippen LogP contribution in [0.1, 0.15) is 59.3 Å². The number of nitrogens with one attached hydrogen (secondary N) is 1. The smallest absolute Gasteiger partial charge is 0.410 e. The first-order valence-corrected chi connectivity index (χ1v) is 9.62. The first-order valence-electron chi connectivity index (χ1n) is 9.62. The van der Waals surface area contributed by atoms with Crippen molar-refractivity contribution in [2.45, 2.75) is 77.0 Å². The van der Waals surface area contributed by atoms with Crippen molar-refractivity contribution in [3.63, 3.8) is 0 Å². The van der Waals surface area contributed by atoms with Gasteiger partial charge in [0.1, 0.15) is 5.60 Å². The zero-order valence-corrected chi connectivity index (χ0v) is 16.5. The van der Waals surface area contributed by atoms with Crippen LogP contribution in [0.15, 0.2) is 0 Å². The molecule has 0 aromatic rings. The highest BCUT2D eigenvalue weighted by atomic mass is 16.6. The van der Waals surface area contributed by atoms with Crippen LogP contribution in [-0.4, -0.2) is 66.7 Å². The number of rotatable bonds is 4. The highest BCUT2D eigenvalue weighted by Crippen LogP contribution is 2.35. The van der Waals surface area contributed by atoms with Crippen molar-refractivity contribution in [1.82, 2.24) is 15.1 Å². The van der Waals surface area contributed by atoms with Crippen molar-refractivity contribution in [2.75, 3.05) is 27.2 Å². The van der Waals surface area contributed by atoms with E-state index in [0.717, 1.165) is 45.1 Å². The lowest BCUT2D eigenvalue weighted by Crippen LogP contribution is -2.53. The summed E-state index contributed by atoms with van der Waals surface area (Å²) in [5.41, 5.74) is -0.468. The Labute approximate surface area is 152 Å². The van der Waals surface area contributed by atoms with Gasteiger partial charge < -0.3 is 19.9 Å². The Morgan fingerprint density at radius 1 is 1.12 bits per heavy atom. The van der Waals surface area contributed by atoms with Gasteiger partial charge in [0, 0.05) is 32.7 Å². The second-order valence-corrected chi connectivity index (χ2v) is 8.61. The minimum Gasteiger partial charge on any atom is -0.444 e. The normalized spacial score (nSPS) is 27.2. The minimum absolute atomic E-state index is 0.0956. The fraction of sp³-hybridized carbons (Fsp3) is 0.895. The van der Waals surface area contributed by atoms with Crippen molar-refractivity contribution in [3.05, 3.63) is 0 Å². The predicted molar refractivity (Wildman–Crippen MR) is 98.4 cm³/mol. The van der Waals surface area contributed by atoms with Crippen LogP contribution in [0.25, 0.3) is 0 Å². The molecule has 1 saturated carbocycles. The number of ether oxygens (including phenoxy) is 1. The van der Waals surface area contributed by atoms with Crippen LogP contribution < -0.4 is 5.32 Å². The summed E-state index contributed by atoms with van der Waals surface area (Å²) < 4.78 is 5.64. The van der Waals surface area contributed by atoms with Gasteiger partial charge in [-0.25, -0.2) is 4.79 Å².